The van der Waals surface area contributed by atoms with Gasteiger partial charge in [-0.05, 0) is 39.5 Å². The first-order chi connectivity index (χ1) is 14.9. The summed E-state index contributed by atoms with van der Waals surface area (Å²) in [7, 11) is -0.868. The summed E-state index contributed by atoms with van der Waals surface area (Å²) in [5.74, 6) is -0.644. The first-order valence-electron chi connectivity index (χ1n) is 10.7. The van der Waals surface area contributed by atoms with Crippen LogP contribution in [-0.2, 0) is 34.7 Å². The zero-order valence-electron chi connectivity index (χ0n) is 19.0. The third-order valence-corrected chi connectivity index (χ3v) is 10.2. The van der Waals surface area contributed by atoms with E-state index in [2.05, 4.69) is 0 Å². The number of aliphatic hydroxyl groups excluding tert-OH is 1. The van der Waals surface area contributed by atoms with Crippen molar-refractivity contribution in [3.05, 3.63) is 9.93 Å². The van der Waals surface area contributed by atoms with Crippen LogP contribution in [0.5, 0.6) is 0 Å². The Labute approximate surface area is 199 Å². The largest absolute Gasteiger partial charge is 0.427 e. The molecule has 3 heterocycles. The van der Waals surface area contributed by atoms with Crippen molar-refractivity contribution in [3.8, 4) is 0 Å². The summed E-state index contributed by atoms with van der Waals surface area (Å²) in [5.41, 5.74) is -0.576. The molecule has 11 heteroatoms. The number of aliphatic hydroxyl groups is 1. The Kier molecular flexibility index (Phi) is 8.05. The maximum absolute atomic E-state index is 12.9. The maximum atomic E-state index is 12.9. The number of esters is 2. The van der Waals surface area contributed by atoms with Crippen LogP contribution in [0.15, 0.2) is 9.93 Å². The van der Waals surface area contributed by atoms with Gasteiger partial charge in [-0.15, -0.1) is 11.8 Å². The molecule has 3 aliphatic rings. The number of fused-ring (bicyclic) bond motifs is 1. The second-order valence-electron chi connectivity index (χ2n) is 9.42. The van der Waals surface area contributed by atoms with E-state index in [0.717, 1.165) is 6.42 Å². The highest BCUT2D eigenvalue weighted by atomic mass is 32.2. The highest BCUT2D eigenvalue weighted by Crippen LogP contribution is 2.55. The summed E-state index contributed by atoms with van der Waals surface area (Å²) in [6.07, 6.45) is 0.571. The van der Waals surface area contributed by atoms with Gasteiger partial charge in [-0.25, -0.2) is 4.79 Å². The summed E-state index contributed by atoms with van der Waals surface area (Å²) in [6, 6.07) is 0. The van der Waals surface area contributed by atoms with Crippen molar-refractivity contribution in [2.45, 2.75) is 64.2 Å². The Morgan fingerprint density at radius 1 is 1.31 bits per heavy atom. The van der Waals surface area contributed by atoms with Crippen LogP contribution in [0, 0.1) is 17.3 Å². The number of β-lactam (4-membered cyclic amide) rings is 1. The number of rotatable bonds is 9. The minimum atomic E-state index is -0.868. The molecule has 0 radical (unpaired) electrons. The number of amides is 1. The van der Waals surface area contributed by atoms with Gasteiger partial charge in [0.1, 0.15) is 5.37 Å². The molecule has 1 amide bonds. The van der Waals surface area contributed by atoms with Gasteiger partial charge in [0, 0.05) is 27.6 Å². The van der Waals surface area contributed by atoms with Crippen molar-refractivity contribution < 1.29 is 33.2 Å². The molecule has 0 aromatic carbocycles. The minimum absolute atomic E-state index is 0.0922. The van der Waals surface area contributed by atoms with Gasteiger partial charge in [0.2, 0.25) is 12.7 Å². The van der Waals surface area contributed by atoms with Crippen LogP contribution < -0.4 is 0 Å². The molecule has 180 valence electrons. The van der Waals surface area contributed by atoms with E-state index in [9.17, 15) is 23.7 Å². The van der Waals surface area contributed by atoms with Crippen molar-refractivity contribution in [2.75, 3.05) is 18.3 Å². The molecule has 0 saturated carbocycles. The van der Waals surface area contributed by atoms with E-state index in [4.69, 9.17) is 9.47 Å². The fourth-order valence-corrected chi connectivity index (χ4v) is 9.46. The number of carbonyl (C=O) groups is 3. The fourth-order valence-electron chi connectivity index (χ4n) is 4.21. The first-order valence-corrected chi connectivity index (χ1v) is 13.9. The van der Waals surface area contributed by atoms with E-state index >= 15 is 0 Å². The van der Waals surface area contributed by atoms with Crippen LogP contribution in [0.3, 0.4) is 0 Å². The van der Waals surface area contributed by atoms with E-state index < -0.39 is 47.0 Å². The molecule has 2 saturated heterocycles. The molecule has 5 atom stereocenters. The summed E-state index contributed by atoms with van der Waals surface area (Å²) < 4.78 is 22.8. The van der Waals surface area contributed by atoms with Gasteiger partial charge < -0.3 is 14.6 Å². The van der Waals surface area contributed by atoms with Crippen LogP contribution in [-0.4, -0.2) is 67.1 Å². The molecular formula is C21H31NO7S3. The zero-order valence-corrected chi connectivity index (χ0v) is 21.4. The van der Waals surface area contributed by atoms with E-state index in [1.807, 2.05) is 13.8 Å². The normalized spacial score (nSPS) is 28.6. The number of thioether (sulfide) groups is 2. The van der Waals surface area contributed by atoms with E-state index in [1.165, 1.54) is 28.4 Å². The lowest BCUT2D eigenvalue weighted by atomic mass is 9.84. The third kappa shape index (κ3) is 5.37. The van der Waals surface area contributed by atoms with Crippen molar-refractivity contribution in [3.63, 3.8) is 0 Å². The molecule has 0 spiro atoms. The molecule has 0 aromatic rings. The molecule has 2 fully saturated rings. The highest BCUT2D eigenvalue weighted by molar-refractivity contribution is 8.23. The molecule has 0 bridgehead atoms. The quantitative estimate of drug-likeness (QED) is 0.287. The van der Waals surface area contributed by atoms with Crippen molar-refractivity contribution in [1.29, 1.82) is 0 Å². The third-order valence-electron chi connectivity index (χ3n) is 5.62. The maximum Gasteiger partial charge on any atom is 0.359 e. The van der Waals surface area contributed by atoms with Gasteiger partial charge in [-0.1, -0.05) is 25.6 Å². The summed E-state index contributed by atoms with van der Waals surface area (Å²) in [4.78, 5) is 39.3. The van der Waals surface area contributed by atoms with Crippen molar-refractivity contribution >= 4 is 52.2 Å². The van der Waals surface area contributed by atoms with Gasteiger partial charge in [0.25, 0.3) is 0 Å². The lowest BCUT2D eigenvalue weighted by Crippen LogP contribution is -2.60. The van der Waals surface area contributed by atoms with E-state index in [-0.39, 0.29) is 22.2 Å². The van der Waals surface area contributed by atoms with Gasteiger partial charge >= 0.3 is 11.9 Å². The number of hydrogen-bond donors (Lipinski definition) is 1. The monoisotopic (exact) mass is 505 g/mol. The molecule has 1 N–H and O–H groups in total. The standard InChI is InChI=1S/C21H31NO7S3/c1-11(2)8-21(4,5)20(26)29-10-28-18(25)15-19(30-13-6-7-32(27)9-13)31-17-14(12(3)23)16(24)22(15)17/h11-14,17,23H,6-10H2,1-5H3/t12-,13+,14+,17-,32+/m1/s1. The SMILES string of the molecule is CC(C)CC(C)(C)C(=O)OCOC(=O)C1=C(S[C@H]2CC[S@](=O)C2)S[C@@H]2[C@@H]([C@@H](C)O)C(=O)N12. The molecule has 0 aromatic heterocycles. The Bertz CT molecular complexity index is 839. The van der Waals surface area contributed by atoms with Gasteiger partial charge in [-0.3, -0.25) is 18.7 Å². The molecule has 0 unspecified atom stereocenters. The number of carbonyl (C=O) groups excluding carboxylic acids is 3. The molecule has 8 nitrogen and oxygen atoms in total. The zero-order chi connectivity index (χ0) is 23.8. The predicted octanol–water partition coefficient (Wildman–Crippen LogP) is 2.44. The van der Waals surface area contributed by atoms with Gasteiger partial charge in [0.05, 0.1) is 21.7 Å². The topological polar surface area (TPSA) is 110 Å². The van der Waals surface area contributed by atoms with Crippen molar-refractivity contribution in [1.82, 2.24) is 4.90 Å². The predicted molar refractivity (Wildman–Crippen MR) is 125 cm³/mol. The summed E-state index contributed by atoms with van der Waals surface area (Å²) >= 11 is 2.79. The Balaban J connectivity index is 1.67. The smallest absolute Gasteiger partial charge is 0.359 e. The van der Waals surface area contributed by atoms with Crippen LogP contribution in [0.4, 0.5) is 0 Å². The minimum Gasteiger partial charge on any atom is -0.427 e. The number of ether oxygens (including phenoxy) is 2. The lowest BCUT2D eigenvalue weighted by Gasteiger charge is -2.43. The number of nitrogens with zero attached hydrogens (tertiary/aromatic N) is 1. The summed E-state index contributed by atoms with van der Waals surface area (Å²) in [5, 5.41) is 9.68. The van der Waals surface area contributed by atoms with Crippen LogP contribution in [0.2, 0.25) is 0 Å². The average Bonchev–Trinajstić information content (AvgIpc) is 3.21. The molecule has 3 aliphatic heterocycles. The highest BCUT2D eigenvalue weighted by Gasteiger charge is 2.58. The van der Waals surface area contributed by atoms with Crippen LogP contribution in [0.1, 0.15) is 47.5 Å². The number of hydrogen-bond acceptors (Lipinski definition) is 9. The molecule has 0 aliphatic carbocycles. The second-order valence-corrected chi connectivity index (χ2v) is 13.7. The Hall–Kier alpha value is -1.04. The molecule has 32 heavy (non-hydrogen) atoms. The van der Waals surface area contributed by atoms with Crippen molar-refractivity contribution in [2.24, 2.45) is 17.3 Å². The fraction of sp³-hybridized carbons (Fsp3) is 0.762. The van der Waals surface area contributed by atoms with Crippen LogP contribution in [0.25, 0.3) is 0 Å². The molecular weight excluding hydrogens is 474 g/mol. The van der Waals surface area contributed by atoms with E-state index in [1.54, 1.807) is 20.8 Å². The summed E-state index contributed by atoms with van der Waals surface area (Å²) in [6.45, 7) is 8.62. The van der Waals surface area contributed by atoms with Gasteiger partial charge in [-0.2, -0.15) is 0 Å². The Morgan fingerprint density at radius 2 is 2.00 bits per heavy atom. The average molecular weight is 506 g/mol. The van der Waals surface area contributed by atoms with E-state index in [0.29, 0.717) is 28.1 Å². The Morgan fingerprint density at radius 3 is 2.56 bits per heavy atom. The lowest BCUT2D eigenvalue weighted by molar-refractivity contribution is -0.175. The first kappa shape index (κ1) is 25.6. The second kappa shape index (κ2) is 10.1. The van der Waals surface area contributed by atoms with Gasteiger partial charge in [0.15, 0.2) is 5.70 Å². The molecule has 3 rings (SSSR count). The van der Waals surface area contributed by atoms with Crippen LogP contribution >= 0.6 is 23.5 Å².